The second-order valence-corrected chi connectivity index (χ2v) is 5.78. The van der Waals surface area contributed by atoms with Crippen LogP contribution in [0.3, 0.4) is 0 Å². The van der Waals surface area contributed by atoms with Gasteiger partial charge in [-0.15, -0.1) is 0 Å². The lowest BCUT2D eigenvalue weighted by molar-refractivity contribution is -0.145. The number of carboxylic acid groups (broad SMARTS) is 1. The van der Waals surface area contributed by atoms with Gasteiger partial charge in [0.25, 0.3) is 0 Å². The van der Waals surface area contributed by atoms with Crippen molar-refractivity contribution in [3.63, 3.8) is 0 Å². The van der Waals surface area contributed by atoms with Gasteiger partial charge in [-0.05, 0) is 11.8 Å². The lowest BCUT2D eigenvalue weighted by atomic mass is 10.1. The van der Waals surface area contributed by atoms with Gasteiger partial charge in [-0.25, -0.2) is 0 Å². The van der Waals surface area contributed by atoms with Crippen molar-refractivity contribution in [2.24, 2.45) is 17.3 Å². The van der Waals surface area contributed by atoms with Gasteiger partial charge in [0.1, 0.15) is 0 Å². The summed E-state index contributed by atoms with van der Waals surface area (Å²) in [5.74, 6) is -1.78. The number of nitrogens with zero attached hydrogens (tertiary/aromatic N) is 1. The van der Waals surface area contributed by atoms with E-state index in [1.807, 2.05) is 25.7 Å². The number of carbonyl (C=O) groups excluding carboxylic acids is 1. The zero-order valence-corrected chi connectivity index (χ0v) is 11.2. The summed E-state index contributed by atoms with van der Waals surface area (Å²) in [7, 11) is 0. The molecule has 1 saturated carbocycles. The van der Waals surface area contributed by atoms with Gasteiger partial charge in [0.05, 0.1) is 31.1 Å². The van der Waals surface area contributed by atoms with Crippen molar-refractivity contribution < 1.29 is 19.4 Å². The van der Waals surface area contributed by atoms with Crippen molar-refractivity contribution in [3.8, 4) is 0 Å². The highest BCUT2D eigenvalue weighted by Gasteiger charge is 2.66. The van der Waals surface area contributed by atoms with Crippen LogP contribution >= 0.6 is 0 Å². The zero-order chi connectivity index (χ0) is 13.5. The molecule has 102 valence electrons. The van der Waals surface area contributed by atoms with Crippen LogP contribution in [0.5, 0.6) is 0 Å². The van der Waals surface area contributed by atoms with Crippen LogP contribution in [-0.2, 0) is 14.3 Å². The molecule has 1 amide bonds. The molecule has 1 aliphatic heterocycles. The number of aliphatic carboxylic acids is 1. The quantitative estimate of drug-likeness (QED) is 0.816. The minimum absolute atomic E-state index is 0.0115. The fraction of sp³-hybridized carbons (Fsp3) is 0.846. The highest BCUT2D eigenvalue weighted by Crippen LogP contribution is 2.59. The molecule has 18 heavy (non-hydrogen) atoms. The van der Waals surface area contributed by atoms with Crippen molar-refractivity contribution in [1.82, 2.24) is 4.90 Å². The van der Waals surface area contributed by atoms with E-state index in [9.17, 15) is 9.59 Å². The van der Waals surface area contributed by atoms with Crippen molar-refractivity contribution in [1.29, 1.82) is 0 Å². The Hall–Kier alpha value is -1.10. The molecule has 0 bridgehead atoms. The molecule has 0 spiro atoms. The van der Waals surface area contributed by atoms with Gasteiger partial charge in [0.2, 0.25) is 5.91 Å². The third-order valence-corrected chi connectivity index (χ3v) is 4.34. The molecule has 1 heterocycles. The minimum atomic E-state index is -0.861. The Balaban J connectivity index is 2.10. The molecule has 0 radical (unpaired) electrons. The second kappa shape index (κ2) is 4.53. The van der Waals surface area contributed by atoms with Crippen molar-refractivity contribution in [2.45, 2.75) is 33.2 Å². The lowest BCUT2D eigenvalue weighted by Crippen LogP contribution is -2.49. The van der Waals surface area contributed by atoms with E-state index < -0.39 is 17.3 Å². The molecule has 0 aromatic carbocycles. The Bertz CT molecular complexity index is 366. The number of carboxylic acids is 1. The van der Waals surface area contributed by atoms with Gasteiger partial charge in [-0.3, -0.25) is 9.59 Å². The first-order valence-corrected chi connectivity index (χ1v) is 6.52. The molecule has 1 N–H and O–H groups in total. The van der Waals surface area contributed by atoms with Gasteiger partial charge in [0.15, 0.2) is 0 Å². The molecule has 0 aromatic rings. The summed E-state index contributed by atoms with van der Waals surface area (Å²) in [5, 5.41) is 9.13. The second-order valence-electron chi connectivity index (χ2n) is 5.78. The van der Waals surface area contributed by atoms with Crippen LogP contribution in [-0.4, -0.2) is 47.7 Å². The molecule has 5 nitrogen and oxygen atoms in total. The van der Waals surface area contributed by atoms with Crippen molar-refractivity contribution in [3.05, 3.63) is 0 Å². The first-order chi connectivity index (χ1) is 8.41. The smallest absolute Gasteiger partial charge is 0.307 e. The Kier molecular flexibility index (Phi) is 3.36. The Morgan fingerprint density at radius 3 is 2.56 bits per heavy atom. The molecule has 5 heteroatoms. The fourth-order valence-corrected chi connectivity index (χ4v) is 3.02. The SMILES string of the molecule is CCC1COCCN1C(=O)C1C(C(=O)O)C1(C)C. The lowest BCUT2D eigenvalue weighted by Gasteiger charge is -2.35. The Morgan fingerprint density at radius 2 is 2.06 bits per heavy atom. The summed E-state index contributed by atoms with van der Waals surface area (Å²) in [6.45, 7) is 7.42. The van der Waals surface area contributed by atoms with Crippen LogP contribution in [0, 0.1) is 17.3 Å². The summed E-state index contributed by atoms with van der Waals surface area (Å²) in [5.41, 5.74) is -0.417. The van der Waals surface area contributed by atoms with Crippen LogP contribution in [0.4, 0.5) is 0 Å². The zero-order valence-electron chi connectivity index (χ0n) is 11.2. The van der Waals surface area contributed by atoms with Gasteiger partial charge in [-0.1, -0.05) is 20.8 Å². The average Bonchev–Trinajstić information content (AvgIpc) is 2.91. The summed E-state index contributed by atoms with van der Waals surface area (Å²) in [4.78, 5) is 25.4. The molecule has 0 aromatic heterocycles. The van der Waals surface area contributed by atoms with E-state index in [-0.39, 0.29) is 17.9 Å². The van der Waals surface area contributed by atoms with E-state index in [1.165, 1.54) is 0 Å². The van der Waals surface area contributed by atoms with E-state index in [0.717, 1.165) is 6.42 Å². The largest absolute Gasteiger partial charge is 0.481 e. The molecule has 2 aliphatic rings. The molecule has 3 atom stereocenters. The van der Waals surface area contributed by atoms with Crippen LogP contribution in [0.15, 0.2) is 0 Å². The van der Waals surface area contributed by atoms with Crippen LogP contribution in [0.1, 0.15) is 27.2 Å². The summed E-state index contributed by atoms with van der Waals surface area (Å²) in [6, 6.07) is 0.0945. The van der Waals surface area contributed by atoms with E-state index in [0.29, 0.717) is 19.8 Å². The molecule has 3 unspecified atom stereocenters. The number of rotatable bonds is 3. The maximum atomic E-state index is 12.5. The molecule has 2 fully saturated rings. The van der Waals surface area contributed by atoms with Gasteiger partial charge in [0, 0.05) is 6.54 Å². The first-order valence-electron chi connectivity index (χ1n) is 6.52. The number of ether oxygens (including phenoxy) is 1. The number of hydrogen-bond acceptors (Lipinski definition) is 3. The van der Waals surface area contributed by atoms with Gasteiger partial charge in [-0.2, -0.15) is 0 Å². The minimum Gasteiger partial charge on any atom is -0.481 e. The molecular weight excluding hydrogens is 234 g/mol. The third kappa shape index (κ3) is 2.00. The highest BCUT2D eigenvalue weighted by atomic mass is 16.5. The number of morpholine rings is 1. The van der Waals surface area contributed by atoms with Crippen LogP contribution < -0.4 is 0 Å². The number of amides is 1. The van der Waals surface area contributed by atoms with Crippen molar-refractivity contribution in [2.75, 3.05) is 19.8 Å². The number of hydrogen-bond donors (Lipinski definition) is 1. The molecule has 1 saturated heterocycles. The topological polar surface area (TPSA) is 66.8 Å². The predicted molar refractivity (Wildman–Crippen MR) is 65.0 cm³/mol. The van der Waals surface area contributed by atoms with Crippen LogP contribution in [0.25, 0.3) is 0 Å². The first kappa shape index (κ1) is 13.3. The molecule has 2 rings (SSSR count). The normalized spacial score (nSPS) is 34.2. The monoisotopic (exact) mass is 255 g/mol. The Morgan fingerprint density at radius 1 is 1.39 bits per heavy atom. The number of carbonyl (C=O) groups is 2. The average molecular weight is 255 g/mol. The van der Waals surface area contributed by atoms with Gasteiger partial charge >= 0.3 is 5.97 Å². The summed E-state index contributed by atoms with van der Waals surface area (Å²) in [6.07, 6.45) is 0.844. The van der Waals surface area contributed by atoms with E-state index in [4.69, 9.17) is 9.84 Å². The molecular formula is C13H21NO4. The predicted octanol–water partition coefficient (Wildman–Crippen LogP) is 0.981. The van der Waals surface area contributed by atoms with Crippen molar-refractivity contribution >= 4 is 11.9 Å². The third-order valence-electron chi connectivity index (χ3n) is 4.34. The fourth-order valence-electron chi connectivity index (χ4n) is 3.02. The maximum Gasteiger partial charge on any atom is 0.307 e. The highest BCUT2D eigenvalue weighted by molar-refractivity contribution is 5.91. The Labute approximate surface area is 107 Å². The van der Waals surface area contributed by atoms with E-state index in [1.54, 1.807) is 0 Å². The van der Waals surface area contributed by atoms with Gasteiger partial charge < -0.3 is 14.7 Å². The van der Waals surface area contributed by atoms with Crippen LogP contribution in [0.2, 0.25) is 0 Å². The standard InChI is InChI=1S/C13H21NO4/c1-4-8-7-18-6-5-14(8)11(15)9-10(12(16)17)13(9,2)3/h8-10H,4-7H2,1-3H3,(H,16,17). The summed E-state index contributed by atoms with van der Waals surface area (Å²) < 4.78 is 5.37. The maximum absolute atomic E-state index is 12.5. The van der Waals surface area contributed by atoms with E-state index in [2.05, 4.69) is 0 Å². The summed E-state index contributed by atoms with van der Waals surface area (Å²) >= 11 is 0. The van der Waals surface area contributed by atoms with E-state index >= 15 is 0 Å². The molecule has 1 aliphatic carbocycles.